The highest BCUT2D eigenvalue weighted by molar-refractivity contribution is 9.11. The Hall–Kier alpha value is -0.0400. The molecule has 0 aliphatic heterocycles. The lowest BCUT2D eigenvalue weighted by molar-refractivity contribution is 0.0940. The third-order valence-electron chi connectivity index (χ3n) is 2.20. The molecular formula is C10H14BrNO2S2. The van der Waals surface area contributed by atoms with Crippen molar-refractivity contribution in [1.82, 2.24) is 5.32 Å². The van der Waals surface area contributed by atoms with Crippen LogP contribution in [0.3, 0.4) is 0 Å². The van der Waals surface area contributed by atoms with E-state index in [0.717, 1.165) is 3.79 Å². The van der Waals surface area contributed by atoms with Crippen molar-refractivity contribution in [1.29, 1.82) is 0 Å². The van der Waals surface area contributed by atoms with Crippen LogP contribution >= 0.6 is 39.0 Å². The summed E-state index contributed by atoms with van der Waals surface area (Å²) in [6.45, 7) is 1.97. The summed E-state index contributed by atoms with van der Waals surface area (Å²) in [6, 6.07) is 3.58. The van der Waals surface area contributed by atoms with E-state index in [1.54, 1.807) is 17.8 Å². The average molecular weight is 324 g/mol. The fourth-order valence-corrected chi connectivity index (χ4v) is 3.16. The van der Waals surface area contributed by atoms with Crippen molar-refractivity contribution in [2.45, 2.75) is 18.2 Å². The van der Waals surface area contributed by atoms with Gasteiger partial charge >= 0.3 is 0 Å². The Morgan fingerprint density at radius 2 is 2.38 bits per heavy atom. The number of hydrogen-bond acceptors (Lipinski definition) is 4. The second kappa shape index (κ2) is 6.64. The van der Waals surface area contributed by atoms with Gasteiger partial charge in [0.15, 0.2) is 0 Å². The number of carbonyl (C=O) groups is 1. The van der Waals surface area contributed by atoms with E-state index in [-0.39, 0.29) is 23.8 Å². The Morgan fingerprint density at radius 3 is 2.81 bits per heavy atom. The molecule has 90 valence electrons. The van der Waals surface area contributed by atoms with Gasteiger partial charge in [0.2, 0.25) is 0 Å². The third-order valence-corrected chi connectivity index (χ3v) is 4.98. The predicted octanol–water partition coefficient (Wildman–Crippen LogP) is 2.35. The Bertz CT molecular complexity index is 352. The largest absolute Gasteiger partial charge is 0.395 e. The van der Waals surface area contributed by atoms with Crippen LogP contribution in [0.5, 0.6) is 0 Å². The van der Waals surface area contributed by atoms with Gasteiger partial charge in [-0.05, 0) is 41.2 Å². The first kappa shape index (κ1) is 14.0. The van der Waals surface area contributed by atoms with Gasteiger partial charge < -0.3 is 10.4 Å². The molecule has 0 spiro atoms. The van der Waals surface area contributed by atoms with Gasteiger partial charge in [0.1, 0.15) is 0 Å². The van der Waals surface area contributed by atoms with Crippen LogP contribution in [0.4, 0.5) is 0 Å². The van der Waals surface area contributed by atoms with Crippen molar-refractivity contribution in [2.75, 3.05) is 12.9 Å². The first-order valence-electron chi connectivity index (χ1n) is 4.78. The zero-order chi connectivity index (χ0) is 12.1. The summed E-state index contributed by atoms with van der Waals surface area (Å²) in [5.41, 5.74) is 0. The number of halogens is 1. The zero-order valence-corrected chi connectivity index (χ0v) is 12.3. The fraction of sp³-hybridized carbons (Fsp3) is 0.500. The number of thiophene rings is 1. The molecule has 1 aromatic rings. The fourth-order valence-electron chi connectivity index (χ4n) is 1.24. The highest BCUT2D eigenvalue weighted by Gasteiger charge is 2.18. The average Bonchev–Trinajstić information content (AvgIpc) is 2.66. The highest BCUT2D eigenvalue weighted by atomic mass is 79.9. The van der Waals surface area contributed by atoms with Gasteiger partial charge in [-0.15, -0.1) is 11.3 Å². The molecule has 16 heavy (non-hydrogen) atoms. The molecule has 1 aromatic heterocycles. The molecule has 0 aliphatic rings. The van der Waals surface area contributed by atoms with Gasteiger partial charge in [-0.2, -0.15) is 11.8 Å². The number of nitrogens with one attached hydrogen (secondary N) is 1. The summed E-state index contributed by atoms with van der Waals surface area (Å²) in [4.78, 5) is 12.5. The smallest absolute Gasteiger partial charge is 0.261 e. The maximum absolute atomic E-state index is 11.8. The van der Waals surface area contributed by atoms with Crippen molar-refractivity contribution in [3.63, 3.8) is 0 Å². The first-order chi connectivity index (χ1) is 7.58. The maximum atomic E-state index is 11.8. The summed E-state index contributed by atoms with van der Waals surface area (Å²) in [7, 11) is 0. The van der Waals surface area contributed by atoms with Crippen LogP contribution < -0.4 is 5.32 Å². The third kappa shape index (κ3) is 3.76. The van der Waals surface area contributed by atoms with Crippen LogP contribution in [0.1, 0.15) is 16.6 Å². The van der Waals surface area contributed by atoms with Gasteiger partial charge in [-0.25, -0.2) is 0 Å². The van der Waals surface area contributed by atoms with Gasteiger partial charge in [0.05, 0.1) is 15.3 Å². The molecule has 2 unspecified atom stereocenters. The summed E-state index contributed by atoms with van der Waals surface area (Å²) in [6.07, 6.45) is 1.92. The number of thioether (sulfide) groups is 1. The second-order valence-corrected chi connectivity index (χ2v) is 6.86. The Balaban J connectivity index is 2.57. The minimum Gasteiger partial charge on any atom is -0.395 e. The number of aliphatic hydroxyl groups excluding tert-OH is 1. The topological polar surface area (TPSA) is 49.3 Å². The van der Waals surface area contributed by atoms with Crippen LogP contribution in [0, 0.1) is 0 Å². The molecule has 0 aromatic carbocycles. The van der Waals surface area contributed by atoms with Crippen LogP contribution in [0.25, 0.3) is 0 Å². The van der Waals surface area contributed by atoms with E-state index in [1.807, 2.05) is 19.2 Å². The van der Waals surface area contributed by atoms with Crippen molar-refractivity contribution in [3.05, 3.63) is 20.8 Å². The van der Waals surface area contributed by atoms with Crippen molar-refractivity contribution >= 4 is 44.9 Å². The molecule has 1 heterocycles. The molecule has 2 atom stereocenters. The number of amides is 1. The molecule has 1 amide bonds. The Labute approximate surface area is 112 Å². The van der Waals surface area contributed by atoms with Crippen LogP contribution in [0.15, 0.2) is 15.9 Å². The molecule has 0 saturated heterocycles. The van der Waals surface area contributed by atoms with Gasteiger partial charge in [0, 0.05) is 11.3 Å². The molecule has 0 saturated carbocycles. The monoisotopic (exact) mass is 323 g/mol. The molecule has 0 bridgehead atoms. The normalized spacial score (nSPS) is 14.5. The number of aliphatic hydroxyl groups is 1. The SMILES string of the molecule is CSC(CO)C(C)NC(=O)c1ccc(Br)s1. The highest BCUT2D eigenvalue weighted by Crippen LogP contribution is 2.22. The molecule has 3 nitrogen and oxygen atoms in total. The Kier molecular flexibility index (Phi) is 5.82. The molecule has 1 rings (SSSR count). The van der Waals surface area contributed by atoms with E-state index < -0.39 is 0 Å². The van der Waals surface area contributed by atoms with Gasteiger partial charge in [-0.1, -0.05) is 0 Å². The minimum absolute atomic E-state index is 0.0346. The Morgan fingerprint density at radius 1 is 1.69 bits per heavy atom. The quantitative estimate of drug-likeness (QED) is 0.874. The zero-order valence-electron chi connectivity index (χ0n) is 9.07. The predicted molar refractivity (Wildman–Crippen MR) is 73.3 cm³/mol. The van der Waals surface area contributed by atoms with Crippen LogP contribution in [-0.2, 0) is 0 Å². The maximum Gasteiger partial charge on any atom is 0.261 e. The van der Waals surface area contributed by atoms with Crippen LogP contribution in [0.2, 0.25) is 0 Å². The van der Waals surface area contributed by atoms with E-state index in [9.17, 15) is 4.79 Å². The number of rotatable bonds is 5. The lowest BCUT2D eigenvalue weighted by atomic mass is 10.2. The number of carbonyl (C=O) groups excluding carboxylic acids is 1. The van der Waals surface area contributed by atoms with Crippen molar-refractivity contribution in [2.24, 2.45) is 0 Å². The summed E-state index contributed by atoms with van der Waals surface area (Å²) in [5, 5.41) is 12.0. The molecular weight excluding hydrogens is 310 g/mol. The van der Waals surface area contributed by atoms with Crippen molar-refractivity contribution in [3.8, 4) is 0 Å². The summed E-state index contributed by atoms with van der Waals surface area (Å²) < 4.78 is 0.939. The molecule has 0 aliphatic carbocycles. The van der Waals surface area contributed by atoms with Crippen molar-refractivity contribution < 1.29 is 9.90 Å². The lowest BCUT2D eigenvalue weighted by Crippen LogP contribution is -2.40. The molecule has 2 N–H and O–H groups in total. The van der Waals surface area contributed by atoms with E-state index in [4.69, 9.17) is 5.11 Å². The van der Waals surface area contributed by atoms with E-state index in [0.29, 0.717) is 4.88 Å². The van der Waals surface area contributed by atoms with Gasteiger partial charge in [0.25, 0.3) is 5.91 Å². The minimum atomic E-state index is -0.0873. The van der Waals surface area contributed by atoms with Gasteiger partial charge in [-0.3, -0.25) is 4.79 Å². The summed E-state index contributed by atoms with van der Waals surface area (Å²) >= 11 is 6.27. The first-order valence-corrected chi connectivity index (χ1v) is 7.68. The molecule has 6 heteroatoms. The van der Waals surface area contributed by atoms with E-state index in [1.165, 1.54) is 11.3 Å². The van der Waals surface area contributed by atoms with E-state index in [2.05, 4.69) is 21.2 Å². The van der Waals surface area contributed by atoms with E-state index >= 15 is 0 Å². The number of hydrogen-bond donors (Lipinski definition) is 2. The molecule has 0 radical (unpaired) electrons. The standard InChI is InChI=1S/C10H14BrNO2S2/c1-6(8(5-13)15-2)12-10(14)7-3-4-9(11)16-7/h3-4,6,8,13H,5H2,1-2H3,(H,12,14). The van der Waals surface area contributed by atoms with Crippen LogP contribution in [-0.4, -0.2) is 35.2 Å². The second-order valence-electron chi connectivity index (χ2n) is 3.32. The summed E-state index contributed by atoms with van der Waals surface area (Å²) in [5.74, 6) is -0.0873. The molecule has 0 fully saturated rings. The lowest BCUT2D eigenvalue weighted by Gasteiger charge is -2.20.